The number of alkyl halides is 2. The van der Waals surface area contributed by atoms with Crippen LogP contribution < -0.4 is 24.8 Å². The number of nitrogens with one attached hydrogen (secondary N) is 2. The first-order valence-electron chi connectivity index (χ1n) is 9.39. The van der Waals surface area contributed by atoms with Crippen molar-refractivity contribution in [2.45, 2.75) is 12.7 Å². The van der Waals surface area contributed by atoms with Crippen LogP contribution in [0.4, 0.5) is 20.2 Å². The Bertz CT molecular complexity index is 998. The molecule has 3 rings (SSSR count). The molecule has 8 heteroatoms. The second kappa shape index (κ2) is 10.3. The Morgan fingerprint density at radius 1 is 0.839 bits per heavy atom. The zero-order valence-electron chi connectivity index (χ0n) is 17.0. The van der Waals surface area contributed by atoms with Crippen LogP contribution in [0, 0.1) is 0 Å². The first-order chi connectivity index (χ1) is 15.0. The number of methoxy groups -OCH3 is 2. The lowest BCUT2D eigenvalue weighted by Crippen LogP contribution is -2.27. The standard InChI is InChI=1S/C23H22F2N2O4/c1-29-18-11-8-16(9-12-18)27-22(28)21(15-6-4-3-5-7-15)26-17-10-13-19(30-2)20(14-17)31-23(24)25/h3-14,21,23,26H,1-2H3,(H,27,28). The molecule has 0 aliphatic carbocycles. The number of benzene rings is 3. The van der Waals surface area contributed by atoms with Crippen molar-refractivity contribution in [3.8, 4) is 17.2 Å². The van der Waals surface area contributed by atoms with E-state index < -0.39 is 12.7 Å². The van der Waals surface area contributed by atoms with E-state index in [1.165, 1.54) is 19.2 Å². The Labute approximate surface area is 178 Å². The average Bonchev–Trinajstić information content (AvgIpc) is 2.78. The molecule has 2 N–H and O–H groups in total. The SMILES string of the molecule is COc1ccc(NC(=O)C(Nc2ccc(OC)c(OC(F)F)c2)c2ccccc2)cc1. The Morgan fingerprint density at radius 2 is 1.52 bits per heavy atom. The fourth-order valence-electron chi connectivity index (χ4n) is 2.96. The van der Waals surface area contributed by atoms with Crippen LogP contribution in [0.2, 0.25) is 0 Å². The molecule has 0 heterocycles. The highest BCUT2D eigenvalue weighted by atomic mass is 19.3. The third-order valence-electron chi connectivity index (χ3n) is 4.44. The van der Waals surface area contributed by atoms with E-state index in [2.05, 4.69) is 15.4 Å². The summed E-state index contributed by atoms with van der Waals surface area (Å²) in [6, 6.07) is 19.6. The van der Waals surface area contributed by atoms with Gasteiger partial charge in [0.05, 0.1) is 14.2 Å². The minimum Gasteiger partial charge on any atom is -0.497 e. The Hall–Kier alpha value is -3.81. The Balaban J connectivity index is 1.86. The average molecular weight is 428 g/mol. The van der Waals surface area contributed by atoms with E-state index in [9.17, 15) is 13.6 Å². The van der Waals surface area contributed by atoms with Crippen LogP contribution in [-0.2, 0) is 4.79 Å². The molecule has 0 saturated heterocycles. The van der Waals surface area contributed by atoms with Crippen LogP contribution in [0.3, 0.4) is 0 Å². The lowest BCUT2D eigenvalue weighted by atomic mass is 10.1. The van der Waals surface area contributed by atoms with E-state index in [1.54, 1.807) is 49.6 Å². The Kier molecular flexibility index (Phi) is 7.26. The molecule has 0 bridgehead atoms. The van der Waals surface area contributed by atoms with Gasteiger partial charge in [0.2, 0.25) is 0 Å². The molecule has 1 amide bonds. The third kappa shape index (κ3) is 5.85. The lowest BCUT2D eigenvalue weighted by molar-refractivity contribution is -0.117. The zero-order valence-corrected chi connectivity index (χ0v) is 17.0. The molecule has 3 aromatic carbocycles. The molecule has 0 saturated carbocycles. The van der Waals surface area contributed by atoms with Crippen molar-refractivity contribution in [1.82, 2.24) is 0 Å². The maximum atomic E-state index is 13.1. The summed E-state index contributed by atoms with van der Waals surface area (Å²) < 4.78 is 40.2. The highest BCUT2D eigenvalue weighted by Crippen LogP contribution is 2.33. The number of amides is 1. The predicted octanol–water partition coefficient (Wildman–Crippen LogP) is 5.10. The molecule has 1 unspecified atom stereocenters. The third-order valence-corrected chi connectivity index (χ3v) is 4.44. The summed E-state index contributed by atoms with van der Waals surface area (Å²) in [4.78, 5) is 13.1. The van der Waals surface area contributed by atoms with Gasteiger partial charge in [-0.05, 0) is 42.0 Å². The van der Waals surface area contributed by atoms with Crippen LogP contribution in [0.1, 0.15) is 11.6 Å². The molecule has 6 nitrogen and oxygen atoms in total. The monoisotopic (exact) mass is 428 g/mol. The van der Waals surface area contributed by atoms with Gasteiger partial charge in [0.25, 0.3) is 5.91 Å². The maximum Gasteiger partial charge on any atom is 0.387 e. The number of anilines is 2. The molecule has 0 radical (unpaired) electrons. The molecular formula is C23H22F2N2O4. The van der Waals surface area contributed by atoms with Crippen molar-refractivity contribution in [2.75, 3.05) is 24.9 Å². The van der Waals surface area contributed by atoms with E-state index in [1.807, 2.05) is 18.2 Å². The molecule has 0 aromatic heterocycles. The van der Waals surface area contributed by atoms with Gasteiger partial charge in [-0.15, -0.1) is 0 Å². The highest BCUT2D eigenvalue weighted by Gasteiger charge is 2.22. The number of hydrogen-bond donors (Lipinski definition) is 2. The first-order valence-corrected chi connectivity index (χ1v) is 9.39. The molecular weight excluding hydrogens is 406 g/mol. The molecule has 0 aliphatic heterocycles. The molecule has 0 spiro atoms. The molecule has 0 aliphatic rings. The van der Waals surface area contributed by atoms with Crippen molar-refractivity contribution in [2.24, 2.45) is 0 Å². The van der Waals surface area contributed by atoms with Crippen molar-refractivity contribution < 1.29 is 27.8 Å². The van der Waals surface area contributed by atoms with Gasteiger partial charge >= 0.3 is 6.61 Å². The van der Waals surface area contributed by atoms with Gasteiger partial charge in [-0.2, -0.15) is 8.78 Å². The number of rotatable bonds is 9. The van der Waals surface area contributed by atoms with Gasteiger partial charge in [-0.1, -0.05) is 30.3 Å². The quantitative estimate of drug-likeness (QED) is 0.497. The van der Waals surface area contributed by atoms with Crippen LogP contribution in [0.25, 0.3) is 0 Å². The minimum absolute atomic E-state index is 0.134. The van der Waals surface area contributed by atoms with Gasteiger partial charge in [0.1, 0.15) is 11.8 Å². The number of halogens is 2. The zero-order chi connectivity index (χ0) is 22.2. The van der Waals surface area contributed by atoms with E-state index in [0.29, 0.717) is 22.7 Å². The summed E-state index contributed by atoms with van der Waals surface area (Å²) in [6.07, 6.45) is 0. The second-order valence-electron chi connectivity index (χ2n) is 6.45. The smallest absolute Gasteiger partial charge is 0.387 e. The van der Waals surface area contributed by atoms with E-state index in [-0.39, 0.29) is 17.4 Å². The lowest BCUT2D eigenvalue weighted by Gasteiger charge is -2.21. The largest absolute Gasteiger partial charge is 0.497 e. The number of ether oxygens (including phenoxy) is 3. The summed E-state index contributed by atoms with van der Waals surface area (Å²) in [5.74, 6) is 0.360. The van der Waals surface area contributed by atoms with Crippen molar-refractivity contribution in [3.05, 3.63) is 78.4 Å². The van der Waals surface area contributed by atoms with Crippen molar-refractivity contribution >= 4 is 17.3 Å². The van der Waals surface area contributed by atoms with Gasteiger partial charge in [-0.25, -0.2) is 0 Å². The minimum atomic E-state index is -3.01. The molecule has 1 atom stereocenters. The summed E-state index contributed by atoms with van der Waals surface area (Å²) in [5, 5.41) is 5.93. The molecule has 162 valence electrons. The number of hydrogen-bond acceptors (Lipinski definition) is 5. The van der Waals surface area contributed by atoms with Gasteiger partial charge in [-0.3, -0.25) is 4.79 Å². The van der Waals surface area contributed by atoms with Crippen molar-refractivity contribution in [1.29, 1.82) is 0 Å². The summed E-state index contributed by atoms with van der Waals surface area (Å²) in [7, 11) is 2.92. The molecule has 3 aromatic rings. The maximum absolute atomic E-state index is 13.1. The second-order valence-corrected chi connectivity index (χ2v) is 6.45. The summed E-state index contributed by atoms with van der Waals surface area (Å²) >= 11 is 0. The van der Waals surface area contributed by atoms with Crippen LogP contribution in [0.15, 0.2) is 72.8 Å². The topological polar surface area (TPSA) is 68.8 Å². The van der Waals surface area contributed by atoms with Gasteiger partial charge in [0.15, 0.2) is 11.5 Å². The summed E-state index contributed by atoms with van der Waals surface area (Å²) in [5.41, 5.74) is 1.70. The van der Waals surface area contributed by atoms with E-state index >= 15 is 0 Å². The molecule has 0 fully saturated rings. The highest BCUT2D eigenvalue weighted by molar-refractivity contribution is 5.97. The Morgan fingerprint density at radius 3 is 2.13 bits per heavy atom. The van der Waals surface area contributed by atoms with Gasteiger partial charge in [0, 0.05) is 17.4 Å². The summed E-state index contributed by atoms with van der Waals surface area (Å²) in [6.45, 7) is -3.01. The number of carbonyl (C=O) groups is 1. The van der Waals surface area contributed by atoms with Gasteiger partial charge < -0.3 is 24.8 Å². The van der Waals surface area contributed by atoms with E-state index in [0.717, 1.165) is 0 Å². The van der Waals surface area contributed by atoms with Crippen LogP contribution in [0.5, 0.6) is 17.2 Å². The van der Waals surface area contributed by atoms with Crippen LogP contribution in [-0.4, -0.2) is 26.7 Å². The molecule has 31 heavy (non-hydrogen) atoms. The fourth-order valence-corrected chi connectivity index (χ4v) is 2.96. The first kappa shape index (κ1) is 21.9. The van der Waals surface area contributed by atoms with E-state index in [4.69, 9.17) is 9.47 Å². The fraction of sp³-hybridized carbons (Fsp3) is 0.174. The van der Waals surface area contributed by atoms with Crippen LogP contribution >= 0.6 is 0 Å². The number of carbonyl (C=O) groups excluding carboxylic acids is 1. The predicted molar refractivity (Wildman–Crippen MR) is 114 cm³/mol. The normalized spacial score (nSPS) is 11.5. The van der Waals surface area contributed by atoms with Crippen molar-refractivity contribution in [3.63, 3.8) is 0 Å².